The number of carboxylic acid groups (broad SMARTS) is 2. The molecule has 22 heavy (non-hydrogen) atoms. The summed E-state index contributed by atoms with van der Waals surface area (Å²) in [6.07, 6.45) is 4.07. The number of carbonyl (C=O) groups excluding carboxylic acids is 2. The molecule has 0 aromatic carbocycles. The monoisotopic (exact) mass is 389 g/mol. The minimum Gasteiger partial charge on any atom is -0.548 e. The van der Waals surface area contributed by atoms with Gasteiger partial charge in [-0.05, 0) is 38.8 Å². The van der Waals surface area contributed by atoms with Crippen LogP contribution in [0.3, 0.4) is 0 Å². The van der Waals surface area contributed by atoms with Gasteiger partial charge < -0.3 is 42.7 Å². The molecule has 0 aromatic rings. The zero-order valence-corrected chi connectivity index (χ0v) is 14.2. The van der Waals surface area contributed by atoms with Gasteiger partial charge in [-0.1, -0.05) is 12.8 Å². The molecule has 0 amide bonds. The first-order valence-electron chi connectivity index (χ1n) is 6.69. The standard InChI is InChI=1S/2C6H14N2O2.ClH.Cu/c2*7-4-2-1-3-5(8)6(9)10;;/h2*5H,1-4,7-8H2,(H,9,10);1H;/q;;;+2/p-2/t2*5-;;/m00../s1. The van der Waals surface area contributed by atoms with Gasteiger partial charge in [0.15, 0.2) is 0 Å². The second kappa shape index (κ2) is 20.6. The Kier molecular flexibility index (Phi) is 27.7. The molecule has 0 aliphatic carbocycles. The van der Waals surface area contributed by atoms with Crippen LogP contribution < -0.4 is 33.1 Å². The number of rotatable bonds is 10. The van der Waals surface area contributed by atoms with Gasteiger partial charge in [0, 0.05) is 12.1 Å². The molecule has 0 saturated heterocycles. The third-order valence-electron chi connectivity index (χ3n) is 2.54. The molecule has 0 spiro atoms. The molecule has 10 heteroatoms. The van der Waals surface area contributed by atoms with Gasteiger partial charge in [0.2, 0.25) is 0 Å². The van der Waals surface area contributed by atoms with E-state index in [1.165, 1.54) is 0 Å². The van der Waals surface area contributed by atoms with E-state index in [2.05, 4.69) is 0 Å². The maximum atomic E-state index is 10.0. The molecule has 0 unspecified atom stereocenters. The number of hydrogen-bond acceptors (Lipinski definition) is 8. The first-order valence-corrected chi connectivity index (χ1v) is 6.69. The van der Waals surface area contributed by atoms with Crippen molar-refractivity contribution in [2.75, 3.05) is 13.1 Å². The van der Waals surface area contributed by atoms with Crippen LogP contribution in [0.25, 0.3) is 0 Å². The average molecular weight is 390 g/mol. The normalized spacial score (nSPS) is 11.8. The van der Waals surface area contributed by atoms with Gasteiger partial charge in [-0.15, -0.1) is 12.4 Å². The Bertz CT molecular complexity index is 250. The second-order valence-electron chi connectivity index (χ2n) is 4.42. The van der Waals surface area contributed by atoms with Crippen LogP contribution in [0.2, 0.25) is 0 Å². The van der Waals surface area contributed by atoms with Gasteiger partial charge in [0.25, 0.3) is 0 Å². The van der Waals surface area contributed by atoms with Crippen LogP contribution in [0.5, 0.6) is 0 Å². The molecule has 0 heterocycles. The number of halogens is 1. The fraction of sp³-hybridized carbons (Fsp3) is 0.833. The largest absolute Gasteiger partial charge is 2.00 e. The van der Waals surface area contributed by atoms with E-state index < -0.39 is 24.0 Å². The number of hydrogen-bond donors (Lipinski definition) is 4. The van der Waals surface area contributed by atoms with Crippen LogP contribution in [0.4, 0.5) is 0 Å². The van der Waals surface area contributed by atoms with Crippen molar-refractivity contribution in [1.82, 2.24) is 0 Å². The van der Waals surface area contributed by atoms with E-state index in [0.29, 0.717) is 25.9 Å². The van der Waals surface area contributed by atoms with E-state index in [1.807, 2.05) is 0 Å². The summed E-state index contributed by atoms with van der Waals surface area (Å²) in [5.41, 5.74) is 20.7. The van der Waals surface area contributed by atoms with Gasteiger partial charge in [0.05, 0.1) is 11.9 Å². The number of unbranched alkanes of at least 4 members (excludes halogenated alkanes) is 2. The van der Waals surface area contributed by atoms with Gasteiger partial charge in [-0.3, -0.25) is 0 Å². The van der Waals surface area contributed by atoms with Gasteiger partial charge in [-0.2, -0.15) is 0 Å². The summed E-state index contributed by atoms with van der Waals surface area (Å²) in [6.45, 7) is 1.17. The average Bonchev–Trinajstić information content (AvgIpc) is 2.39. The molecule has 8 N–H and O–H groups in total. The molecule has 0 saturated carbocycles. The van der Waals surface area contributed by atoms with Crippen LogP contribution in [-0.2, 0) is 26.7 Å². The SMILES string of the molecule is Cl.NCCCC[C@H](N)C(=O)[O-].NCCCC[C@H](N)C(=O)[O-].[Cu+2]. The van der Waals surface area contributed by atoms with Gasteiger partial charge in [-0.25, -0.2) is 0 Å². The molecule has 0 bridgehead atoms. The van der Waals surface area contributed by atoms with Gasteiger partial charge >= 0.3 is 17.1 Å². The van der Waals surface area contributed by atoms with E-state index in [1.54, 1.807) is 0 Å². The first kappa shape index (κ1) is 29.6. The minimum atomic E-state index is -1.18. The summed E-state index contributed by atoms with van der Waals surface area (Å²) >= 11 is 0. The molecular formula is C12H27ClCuN4O4. The first-order chi connectivity index (χ1) is 9.36. The summed E-state index contributed by atoms with van der Waals surface area (Å²) in [7, 11) is 0. The number of carbonyl (C=O) groups is 2. The van der Waals surface area contributed by atoms with Crippen LogP contribution >= 0.6 is 12.4 Å². The van der Waals surface area contributed by atoms with Crippen molar-refractivity contribution in [1.29, 1.82) is 0 Å². The summed E-state index contributed by atoms with van der Waals surface area (Å²) in [4.78, 5) is 20.1. The molecule has 0 rings (SSSR count). The van der Waals surface area contributed by atoms with Crippen LogP contribution in [0.15, 0.2) is 0 Å². The van der Waals surface area contributed by atoms with E-state index in [9.17, 15) is 19.8 Å². The Morgan fingerprint density at radius 3 is 1.23 bits per heavy atom. The Morgan fingerprint density at radius 1 is 0.773 bits per heavy atom. The molecular weight excluding hydrogens is 363 g/mol. The third kappa shape index (κ3) is 21.9. The Hall–Kier alpha value is -0.411. The fourth-order valence-corrected chi connectivity index (χ4v) is 1.25. The minimum absolute atomic E-state index is 0. The van der Waals surface area contributed by atoms with Crippen LogP contribution in [0, 0.1) is 0 Å². The Balaban J connectivity index is -0.000000135. The van der Waals surface area contributed by atoms with Crippen molar-refractivity contribution >= 4 is 24.3 Å². The zero-order valence-electron chi connectivity index (χ0n) is 12.5. The molecule has 0 aliphatic rings. The maximum absolute atomic E-state index is 10.0. The molecule has 8 nitrogen and oxygen atoms in total. The van der Waals surface area contributed by atoms with Crippen molar-refractivity contribution < 1.29 is 36.9 Å². The Labute approximate surface area is 148 Å². The quantitative estimate of drug-likeness (QED) is 0.222. The van der Waals surface area contributed by atoms with Crippen molar-refractivity contribution in [2.45, 2.75) is 50.6 Å². The molecule has 0 fully saturated rings. The third-order valence-corrected chi connectivity index (χ3v) is 2.54. The fourth-order valence-electron chi connectivity index (χ4n) is 1.25. The zero-order chi connectivity index (χ0) is 16.0. The molecule has 0 aliphatic heterocycles. The second-order valence-corrected chi connectivity index (χ2v) is 4.42. The molecule has 1 radical (unpaired) electrons. The number of carboxylic acids is 2. The van der Waals surface area contributed by atoms with Crippen molar-refractivity contribution in [3.8, 4) is 0 Å². The summed E-state index contributed by atoms with van der Waals surface area (Å²) in [6, 6.07) is -1.65. The van der Waals surface area contributed by atoms with Crippen LogP contribution in [0.1, 0.15) is 38.5 Å². The van der Waals surface area contributed by atoms with Crippen molar-refractivity contribution in [2.24, 2.45) is 22.9 Å². The maximum Gasteiger partial charge on any atom is 2.00 e. The van der Waals surface area contributed by atoms with Crippen molar-refractivity contribution in [3.05, 3.63) is 0 Å². The topological polar surface area (TPSA) is 184 Å². The predicted octanol–water partition coefficient (Wildman–Crippen LogP) is -3.20. The molecule has 0 aromatic heterocycles. The van der Waals surface area contributed by atoms with Crippen molar-refractivity contribution in [3.63, 3.8) is 0 Å². The smallest absolute Gasteiger partial charge is 0.548 e. The summed E-state index contributed by atoms with van der Waals surface area (Å²) in [5.74, 6) is -2.37. The van der Waals surface area contributed by atoms with E-state index >= 15 is 0 Å². The summed E-state index contributed by atoms with van der Waals surface area (Å²) in [5, 5.41) is 20.1. The van der Waals surface area contributed by atoms with E-state index in [0.717, 1.165) is 25.7 Å². The van der Waals surface area contributed by atoms with E-state index in [-0.39, 0.29) is 29.5 Å². The number of aliphatic carboxylic acids is 2. The molecule has 137 valence electrons. The van der Waals surface area contributed by atoms with Crippen LogP contribution in [-0.4, -0.2) is 37.1 Å². The Morgan fingerprint density at radius 2 is 1.05 bits per heavy atom. The van der Waals surface area contributed by atoms with Gasteiger partial charge in [0.1, 0.15) is 0 Å². The van der Waals surface area contributed by atoms with E-state index in [4.69, 9.17) is 22.9 Å². The predicted molar refractivity (Wildman–Crippen MR) is 79.0 cm³/mol. The number of nitrogens with two attached hydrogens (primary N) is 4. The summed E-state index contributed by atoms with van der Waals surface area (Å²) < 4.78 is 0. The molecule has 2 atom stereocenters.